The Bertz CT molecular complexity index is 619. The minimum absolute atomic E-state index is 0.118. The van der Waals surface area contributed by atoms with E-state index in [1.807, 2.05) is 25.1 Å². The lowest BCUT2D eigenvalue weighted by atomic mass is 9.76. The second-order valence-electron chi connectivity index (χ2n) is 6.12. The molecule has 0 aliphatic rings. The van der Waals surface area contributed by atoms with Gasteiger partial charge in [-0.15, -0.1) is 13.2 Å². The van der Waals surface area contributed by atoms with Crippen LogP contribution >= 0.6 is 21.6 Å². The van der Waals surface area contributed by atoms with E-state index in [4.69, 9.17) is 9.84 Å². The van der Waals surface area contributed by atoms with Crippen LogP contribution in [0.15, 0.2) is 86.0 Å². The Labute approximate surface area is 178 Å². The average molecular weight is 417 g/mol. The van der Waals surface area contributed by atoms with Crippen LogP contribution in [0.4, 0.5) is 0 Å². The second-order valence-corrected chi connectivity index (χ2v) is 8.82. The quantitative estimate of drug-likeness (QED) is 0.263. The molecule has 2 nitrogen and oxygen atoms in total. The first-order chi connectivity index (χ1) is 13.7. The van der Waals surface area contributed by atoms with Crippen molar-refractivity contribution in [3.8, 4) is 0 Å². The molecule has 0 fully saturated rings. The molecular formula is C24H32O2S2. The molecule has 0 bridgehead atoms. The SMILES string of the molecule is C=CC.C=CC(C)C(OCCSSCCO)(c1ccccc1)c1ccccc1. The molecule has 0 aliphatic heterocycles. The number of ether oxygens (including phenoxy) is 1. The van der Waals surface area contributed by atoms with E-state index < -0.39 is 5.60 Å². The fourth-order valence-electron chi connectivity index (χ4n) is 2.92. The number of benzene rings is 2. The average Bonchev–Trinajstić information content (AvgIpc) is 2.75. The summed E-state index contributed by atoms with van der Waals surface area (Å²) in [6.07, 6.45) is 3.72. The zero-order valence-corrected chi connectivity index (χ0v) is 18.6. The Morgan fingerprint density at radius 1 is 0.964 bits per heavy atom. The van der Waals surface area contributed by atoms with Crippen LogP contribution in [0.3, 0.4) is 0 Å². The highest BCUT2D eigenvalue weighted by Gasteiger charge is 2.39. The van der Waals surface area contributed by atoms with Crippen molar-refractivity contribution in [3.63, 3.8) is 0 Å². The van der Waals surface area contributed by atoms with Crippen LogP contribution in [0.2, 0.25) is 0 Å². The molecule has 2 aromatic carbocycles. The third-order valence-electron chi connectivity index (χ3n) is 4.15. The molecule has 0 heterocycles. The minimum atomic E-state index is -0.549. The molecule has 1 N–H and O–H groups in total. The summed E-state index contributed by atoms with van der Waals surface area (Å²) in [5.74, 6) is 1.74. The smallest absolute Gasteiger partial charge is 0.124 e. The Kier molecular flexibility index (Phi) is 12.8. The number of hydrogen-bond acceptors (Lipinski definition) is 4. The molecule has 0 saturated carbocycles. The fourth-order valence-corrected chi connectivity index (χ4v) is 4.52. The molecule has 28 heavy (non-hydrogen) atoms. The zero-order chi connectivity index (χ0) is 20.7. The lowest BCUT2D eigenvalue weighted by Gasteiger charge is -2.39. The lowest BCUT2D eigenvalue weighted by molar-refractivity contribution is -0.0362. The summed E-state index contributed by atoms with van der Waals surface area (Å²) in [7, 11) is 3.41. The van der Waals surface area contributed by atoms with Gasteiger partial charge in [0.2, 0.25) is 0 Å². The molecule has 0 aromatic heterocycles. The van der Waals surface area contributed by atoms with Crippen LogP contribution in [0.1, 0.15) is 25.0 Å². The Hall–Kier alpha value is -1.46. The van der Waals surface area contributed by atoms with Gasteiger partial charge in [-0.1, -0.05) is 101 Å². The number of aliphatic hydroxyl groups excluding tert-OH is 1. The topological polar surface area (TPSA) is 29.5 Å². The van der Waals surface area contributed by atoms with Crippen LogP contribution in [-0.2, 0) is 10.3 Å². The van der Waals surface area contributed by atoms with Crippen LogP contribution in [-0.4, -0.2) is 29.8 Å². The second kappa shape index (κ2) is 14.5. The molecule has 2 aromatic rings. The van der Waals surface area contributed by atoms with E-state index in [1.54, 1.807) is 27.7 Å². The lowest BCUT2D eigenvalue weighted by Crippen LogP contribution is -2.38. The van der Waals surface area contributed by atoms with Gasteiger partial charge >= 0.3 is 0 Å². The molecule has 152 valence electrons. The minimum Gasteiger partial charge on any atom is -0.395 e. The van der Waals surface area contributed by atoms with Crippen molar-refractivity contribution in [2.45, 2.75) is 19.4 Å². The molecular weight excluding hydrogens is 384 g/mol. The third-order valence-corrected chi connectivity index (χ3v) is 6.50. The van der Waals surface area contributed by atoms with Gasteiger partial charge in [0, 0.05) is 17.4 Å². The Balaban J connectivity index is 0.00000122. The summed E-state index contributed by atoms with van der Waals surface area (Å²) < 4.78 is 6.57. The van der Waals surface area contributed by atoms with Gasteiger partial charge < -0.3 is 9.84 Å². The fraction of sp³-hybridized carbons (Fsp3) is 0.333. The largest absolute Gasteiger partial charge is 0.395 e. The normalized spacial score (nSPS) is 11.8. The van der Waals surface area contributed by atoms with Crippen molar-refractivity contribution in [2.24, 2.45) is 5.92 Å². The number of hydrogen-bond donors (Lipinski definition) is 1. The van der Waals surface area contributed by atoms with Gasteiger partial charge in [-0.05, 0) is 18.1 Å². The van der Waals surface area contributed by atoms with Crippen molar-refractivity contribution in [3.05, 3.63) is 97.1 Å². The van der Waals surface area contributed by atoms with Crippen LogP contribution < -0.4 is 0 Å². The summed E-state index contributed by atoms with van der Waals surface area (Å²) in [5.41, 5.74) is 1.73. The molecule has 2 rings (SSSR count). The van der Waals surface area contributed by atoms with Crippen molar-refractivity contribution < 1.29 is 9.84 Å². The number of aliphatic hydroxyl groups is 1. The van der Waals surface area contributed by atoms with Crippen LogP contribution in [0, 0.1) is 5.92 Å². The van der Waals surface area contributed by atoms with Gasteiger partial charge in [-0.2, -0.15) is 0 Å². The number of rotatable bonds is 11. The summed E-state index contributed by atoms with van der Waals surface area (Å²) in [6, 6.07) is 20.8. The van der Waals surface area contributed by atoms with Gasteiger partial charge in [-0.3, -0.25) is 0 Å². The molecule has 1 atom stereocenters. The molecule has 0 radical (unpaired) electrons. The van der Waals surface area contributed by atoms with Gasteiger partial charge in [0.05, 0.1) is 13.2 Å². The molecule has 0 amide bonds. The van der Waals surface area contributed by atoms with E-state index in [0.29, 0.717) is 6.61 Å². The zero-order valence-electron chi connectivity index (χ0n) is 16.9. The maximum Gasteiger partial charge on any atom is 0.124 e. The van der Waals surface area contributed by atoms with E-state index in [-0.39, 0.29) is 12.5 Å². The molecule has 0 spiro atoms. The molecule has 4 heteroatoms. The highest BCUT2D eigenvalue weighted by atomic mass is 33.1. The predicted octanol–water partition coefficient (Wildman–Crippen LogP) is 6.33. The summed E-state index contributed by atoms with van der Waals surface area (Å²) in [5, 5.41) is 8.88. The van der Waals surface area contributed by atoms with E-state index in [0.717, 1.165) is 22.6 Å². The predicted molar refractivity (Wildman–Crippen MR) is 127 cm³/mol. The highest BCUT2D eigenvalue weighted by molar-refractivity contribution is 8.76. The third kappa shape index (κ3) is 7.17. The van der Waals surface area contributed by atoms with Crippen molar-refractivity contribution >= 4 is 21.6 Å². The van der Waals surface area contributed by atoms with E-state index in [2.05, 4.69) is 68.6 Å². The summed E-state index contributed by atoms with van der Waals surface area (Å²) >= 11 is 0. The summed E-state index contributed by atoms with van der Waals surface area (Å²) in [4.78, 5) is 0. The van der Waals surface area contributed by atoms with E-state index >= 15 is 0 Å². The Morgan fingerprint density at radius 3 is 1.86 bits per heavy atom. The van der Waals surface area contributed by atoms with Gasteiger partial charge in [-0.25, -0.2) is 0 Å². The maximum absolute atomic E-state index is 8.88. The van der Waals surface area contributed by atoms with Gasteiger partial charge in [0.25, 0.3) is 0 Å². The van der Waals surface area contributed by atoms with Crippen molar-refractivity contribution in [2.75, 3.05) is 24.7 Å². The van der Waals surface area contributed by atoms with Gasteiger partial charge in [0.1, 0.15) is 5.60 Å². The maximum atomic E-state index is 8.88. The highest BCUT2D eigenvalue weighted by Crippen LogP contribution is 2.41. The number of allylic oxidation sites excluding steroid dienone is 1. The standard InChI is InChI=1S/C21H26O2S2.C3H6/c1-3-18(2)21(19-10-6-4-7-11-19,20-12-8-5-9-13-20)23-15-17-25-24-16-14-22;1-3-2/h3-13,18,22H,1,14-17H2,2H3;3H,1H2,2H3. The van der Waals surface area contributed by atoms with Crippen LogP contribution in [0.5, 0.6) is 0 Å². The van der Waals surface area contributed by atoms with Crippen molar-refractivity contribution in [1.29, 1.82) is 0 Å². The monoisotopic (exact) mass is 416 g/mol. The van der Waals surface area contributed by atoms with E-state index in [9.17, 15) is 0 Å². The first kappa shape index (κ1) is 24.6. The van der Waals surface area contributed by atoms with Crippen molar-refractivity contribution in [1.82, 2.24) is 0 Å². The first-order valence-electron chi connectivity index (χ1n) is 9.47. The molecule has 0 aliphatic carbocycles. The summed E-state index contributed by atoms with van der Waals surface area (Å²) in [6.45, 7) is 12.3. The first-order valence-corrected chi connectivity index (χ1v) is 12.0. The Morgan fingerprint density at radius 2 is 1.43 bits per heavy atom. The van der Waals surface area contributed by atoms with Crippen LogP contribution in [0.25, 0.3) is 0 Å². The van der Waals surface area contributed by atoms with Gasteiger partial charge in [0.15, 0.2) is 0 Å². The molecule has 1 unspecified atom stereocenters. The van der Waals surface area contributed by atoms with E-state index in [1.165, 1.54) is 0 Å². The molecule has 0 saturated heterocycles.